The van der Waals surface area contributed by atoms with E-state index >= 15 is 0 Å². The average Bonchev–Trinajstić information content (AvgIpc) is 2.76. The Labute approximate surface area is 186 Å². The number of benzene rings is 2. The van der Waals surface area contributed by atoms with Gasteiger partial charge in [-0.15, -0.1) is 0 Å². The van der Waals surface area contributed by atoms with Gasteiger partial charge in [0.05, 0.1) is 12.1 Å². The van der Waals surface area contributed by atoms with Crippen molar-refractivity contribution in [3.8, 4) is 11.5 Å². The quantitative estimate of drug-likeness (QED) is 0.615. The summed E-state index contributed by atoms with van der Waals surface area (Å²) in [6, 6.07) is 5.88. The molecule has 1 aliphatic heterocycles. The van der Waals surface area contributed by atoms with Gasteiger partial charge in [-0.2, -0.15) is 0 Å². The SMILES string of the molecule is CN1C=CC(=O)[C@H](N(C(=O)NCCC(=O)O)c2cccc(Oc3ccc(F)cc3F)c2)C1=O. The second kappa shape index (κ2) is 9.90. The summed E-state index contributed by atoms with van der Waals surface area (Å²) in [6.07, 6.45) is 2.02. The number of hydrogen-bond donors (Lipinski definition) is 2. The minimum atomic E-state index is -1.55. The number of carbonyl (C=O) groups excluding carboxylic acids is 3. The van der Waals surface area contributed by atoms with E-state index in [1.54, 1.807) is 0 Å². The summed E-state index contributed by atoms with van der Waals surface area (Å²) < 4.78 is 32.6. The van der Waals surface area contributed by atoms with Crippen LogP contribution in [-0.2, 0) is 14.4 Å². The Balaban J connectivity index is 1.96. The van der Waals surface area contributed by atoms with Gasteiger partial charge in [-0.25, -0.2) is 13.6 Å². The van der Waals surface area contributed by atoms with Crippen LogP contribution in [0.25, 0.3) is 0 Å². The number of carbonyl (C=O) groups is 4. The molecular formula is C22H19F2N3O6. The van der Waals surface area contributed by atoms with Gasteiger partial charge in [-0.05, 0) is 24.3 Å². The fraction of sp³-hybridized carbons (Fsp3) is 0.182. The largest absolute Gasteiger partial charge is 0.481 e. The van der Waals surface area contributed by atoms with Gasteiger partial charge in [0.25, 0.3) is 5.91 Å². The number of carboxylic acids is 1. The number of aliphatic carboxylic acids is 1. The van der Waals surface area contributed by atoms with E-state index in [0.29, 0.717) is 6.07 Å². The van der Waals surface area contributed by atoms with Crippen molar-refractivity contribution < 1.29 is 37.8 Å². The number of ether oxygens (including phenoxy) is 1. The molecule has 0 radical (unpaired) electrons. The van der Waals surface area contributed by atoms with Gasteiger partial charge in [-0.3, -0.25) is 19.3 Å². The molecule has 0 fully saturated rings. The smallest absolute Gasteiger partial charge is 0.323 e. The maximum absolute atomic E-state index is 14.0. The highest BCUT2D eigenvalue weighted by molar-refractivity contribution is 6.19. The molecule has 2 N–H and O–H groups in total. The maximum atomic E-state index is 14.0. The zero-order chi connectivity index (χ0) is 24.1. The van der Waals surface area contributed by atoms with E-state index < -0.39 is 41.4 Å². The molecule has 0 unspecified atom stereocenters. The summed E-state index contributed by atoms with van der Waals surface area (Å²) >= 11 is 0. The maximum Gasteiger partial charge on any atom is 0.323 e. The van der Waals surface area contributed by atoms with Crippen molar-refractivity contribution in [3.05, 3.63) is 66.4 Å². The number of hydrogen-bond acceptors (Lipinski definition) is 5. The van der Waals surface area contributed by atoms with Gasteiger partial charge in [0, 0.05) is 38.0 Å². The number of urea groups is 1. The third-order valence-corrected chi connectivity index (χ3v) is 4.62. The van der Waals surface area contributed by atoms with Gasteiger partial charge in [0.15, 0.2) is 23.4 Å². The number of amides is 3. The first-order chi connectivity index (χ1) is 15.7. The summed E-state index contributed by atoms with van der Waals surface area (Å²) in [7, 11) is 1.41. The first-order valence-electron chi connectivity index (χ1n) is 9.68. The average molecular weight is 459 g/mol. The van der Waals surface area contributed by atoms with Crippen LogP contribution in [-0.4, -0.2) is 53.3 Å². The molecule has 0 aliphatic carbocycles. The van der Waals surface area contributed by atoms with E-state index in [1.807, 2.05) is 0 Å². The van der Waals surface area contributed by atoms with Crippen molar-refractivity contribution in [2.45, 2.75) is 12.5 Å². The van der Waals surface area contributed by atoms with Crippen LogP contribution >= 0.6 is 0 Å². The number of halogens is 2. The molecule has 33 heavy (non-hydrogen) atoms. The minimum Gasteiger partial charge on any atom is -0.481 e. The summed E-state index contributed by atoms with van der Waals surface area (Å²) in [5.41, 5.74) is 0.0539. The number of carboxylic acid groups (broad SMARTS) is 1. The Morgan fingerprint density at radius 1 is 1.18 bits per heavy atom. The van der Waals surface area contributed by atoms with Crippen molar-refractivity contribution >= 4 is 29.4 Å². The Kier molecular flexibility index (Phi) is 7.01. The van der Waals surface area contributed by atoms with Crippen LogP contribution in [0.4, 0.5) is 19.3 Å². The van der Waals surface area contributed by atoms with Crippen LogP contribution in [0, 0.1) is 11.6 Å². The van der Waals surface area contributed by atoms with E-state index in [2.05, 4.69) is 5.32 Å². The van der Waals surface area contributed by atoms with Gasteiger partial charge >= 0.3 is 12.0 Å². The first-order valence-corrected chi connectivity index (χ1v) is 9.68. The summed E-state index contributed by atoms with van der Waals surface area (Å²) in [4.78, 5) is 51.0. The molecular weight excluding hydrogens is 440 g/mol. The molecule has 0 saturated heterocycles. The topological polar surface area (TPSA) is 116 Å². The van der Waals surface area contributed by atoms with Crippen molar-refractivity contribution in [1.82, 2.24) is 10.2 Å². The fourth-order valence-electron chi connectivity index (χ4n) is 3.03. The molecule has 3 rings (SSSR count). The number of nitrogens with one attached hydrogen (secondary N) is 1. The molecule has 0 aromatic heterocycles. The predicted molar refractivity (Wildman–Crippen MR) is 112 cm³/mol. The summed E-state index contributed by atoms with van der Waals surface area (Å²) in [6.45, 7) is -0.248. The van der Waals surface area contributed by atoms with Crippen LogP contribution in [0.3, 0.4) is 0 Å². The molecule has 3 amide bonds. The van der Waals surface area contributed by atoms with Crippen molar-refractivity contribution in [3.63, 3.8) is 0 Å². The normalized spacial score (nSPS) is 15.4. The molecule has 2 aromatic rings. The van der Waals surface area contributed by atoms with Gasteiger partial charge in [-0.1, -0.05) is 6.07 Å². The highest BCUT2D eigenvalue weighted by Gasteiger charge is 2.39. The monoisotopic (exact) mass is 459 g/mol. The Morgan fingerprint density at radius 3 is 2.64 bits per heavy atom. The number of likely N-dealkylation sites (N-methyl/N-ethyl adjacent to an activating group) is 1. The van der Waals surface area contributed by atoms with Crippen LogP contribution in [0.15, 0.2) is 54.7 Å². The molecule has 0 saturated carbocycles. The van der Waals surface area contributed by atoms with Crippen LogP contribution < -0.4 is 15.0 Å². The lowest BCUT2D eigenvalue weighted by molar-refractivity contribution is -0.137. The zero-order valence-corrected chi connectivity index (χ0v) is 17.3. The van der Waals surface area contributed by atoms with Gasteiger partial charge in [0.2, 0.25) is 0 Å². The standard InChI is InChI=1S/C22H19F2N3O6/c1-26-10-8-17(28)20(21(26)31)27(22(32)25-9-7-19(29)30)14-3-2-4-15(12-14)33-18-6-5-13(23)11-16(18)24/h2-6,8,10-12,20H,7,9H2,1H3,(H,25,32)(H,29,30)/t20-/m0/s1. The van der Waals surface area contributed by atoms with Crippen molar-refractivity contribution in [1.29, 1.82) is 0 Å². The zero-order valence-electron chi connectivity index (χ0n) is 17.3. The lowest BCUT2D eigenvalue weighted by atomic mass is 10.1. The summed E-state index contributed by atoms with van der Waals surface area (Å²) in [5.74, 6) is -4.47. The van der Waals surface area contributed by atoms with E-state index in [9.17, 15) is 28.0 Å². The van der Waals surface area contributed by atoms with Crippen molar-refractivity contribution in [2.24, 2.45) is 0 Å². The van der Waals surface area contributed by atoms with E-state index in [0.717, 1.165) is 28.0 Å². The molecule has 9 nitrogen and oxygen atoms in total. The highest BCUT2D eigenvalue weighted by atomic mass is 19.1. The molecule has 1 aliphatic rings. The van der Waals surface area contributed by atoms with Crippen LogP contribution in [0.1, 0.15) is 6.42 Å². The number of nitrogens with zero attached hydrogens (tertiary/aromatic N) is 2. The van der Waals surface area contributed by atoms with Gasteiger partial charge < -0.3 is 20.1 Å². The molecule has 2 aromatic carbocycles. The molecule has 11 heteroatoms. The second-order valence-electron chi connectivity index (χ2n) is 6.99. The molecule has 1 heterocycles. The molecule has 1 atom stereocenters. The van der Waals surface area contributed by atoms with E-state index in [-0.39, 0.29) is 30.2 Å². The Bertz CT molecular complexity index is 1140. The fourth-order valence-corrected chi connectivity index (χ4v) is 3.03. The van der Waals surface area contributed by atoms with Crippen LogP contribution in [0.5, 0.6) is 11.5 Å². The highest BCUT2D eigenvalue weighted by Crippen LogP contribution is 2.30. The van der Waals surface area contributed by atoms with E-state index in [1.165, 1.54) is 37.5 Å². The molecule has 0 bridgehead atoms. The third kappa shape index (κ3) is 5.50. The Hall–Kier alpha value is -4.28. The second-order valence-corrected chi connectivity index (χ2v) is 6.99. The lowest BCUT2D eigenvalue weighted by Gasteiger charge is -2.33. The van der Waals surface area contributed by atoms with Gasteiger partial charge in [0.1, 0.15) is 11.6 Å². The number of rotatable bonds is 7. The third-order valence-electron chi connectivity index (χ3n) is 4.62. The van der Waals surface area contributed by atoms with E-state index in [4.69, 9.17) is 9.84 Å². The first kappa shape index (κ1) is 23.4. The molecule has 172 valence electrons. The van der Waals surface area contributed by atoms with Crippen molar-refractivity contribution in [2.75, 3.05) is 18.5 Å². The minimum absolute atomic E-state index is 0.0425. The lowest BCUT2D eigenvalue weighted by Crippen LogP contribution is -2.57. The predicted octanol–water partition coefficient (Wildman–Crippen LogP) is 2.67. The number of anilines is 1. The van der Waals surface area contributed by atoms with Crippen LogP contribution in [0.2, 0.25) is 0 Å². The molecule has 0 spiro atoms. The number of ketones is 1. The Morgan fingerprint density at radius 2 is 1.94 bits per heavy atom. The summed E-state index contributed by atoms with van der Waals surface area (Å²) in [5, 5.41) is 11.2.